The maximum atomic E-state index is 12.9. The zero-order chi connectivity index (χ0) is 22.8. The van der Waals surface area contributed by atoms with E-state index < -0.39 is 0 Å². The highest BCUT2D eigenvalue weighted by atomic mass is 32.1. The van der Waals surface area contributed by atoms with E-state index in [1.54, 1.807) is 18.4 Å². The number of hydrogen-bond donors (Lipinski definition) is 0. The molecule has 33 heavy (non-hydrogen) atoms. The Labute approximate surface area is 197 Å². The number of rotatable bonds is 6. The molecule has 0 unspecified atom stereocenters. The lowest BCUT2D eigenvalue weighted by Crippen LogP contribution is -2.41. The first kappa shape index (κ1) is 21.5. The highest BCUT2D eigenvalue weighted by Gasteiger charge is 2.28. The molecule has 0 aliphatic carbocycles. The van der Waals surface area contributed by atoms with Crippen LogP contribution in [0.15, 0.2) is 60.8 Å². The number of carbonyl (C=O) groups is 1. The number of nitrogens with zero attached hydrogens (tertiary/aromatic N) is 5. The van der Waals surface area contributed by atoms with Gasteiger partial charge in [0.2, 0.25) is 16.0 Å². The summed E-state index contributed by atoms with van der Waals surface area (Å²) in [6, 6.07) is 18.0. The largest absolute Gasteiger partial charge is 0.497 e. The van der Waals surface area contributed by atoms with Crippen molar-refractivity contribution in [3.8, 4) is 17.0 Å². The highest BCUT2D eigenvalue weighted by Crippen LogP contribution is 2.30. The van der Waals surface area contributed by atoms with E-state index in [1.165, 1.54) is 0 Å². The Bertz CT molecular complexity index is 1200. The predicted octanol–water partition coefficient (Wildman–Crippen LogP) is 4.34. The molecule has 0 atom stereocenters. The number of imidazole rings is 1. The van der Waals surface area contributed by atoms with Crippen LogP contribution in [0.4, 0.5) is 5.13 Å². The summed E-state index contributed by atoms with van der Waals surface area (Å²) in [5.41, 5.74) is 3.09. The van der Waals surface area contributed by atoms with Crippen molar-refractivity contribution in [1.82, 2.24) is 19.5 Å². The zero-order valence-corrected chi connectivity index (χ0v) is 19.7. The lowest BCUT2D eigenvalue weighted by molar-refractivity contribution is -0.135. The lowest BCUT2D eigenvalue weighted by atomic mass is 9.95. The van der Waals surface area contributed by atoms with Gasteiger partial charge in [-0.25, -0.2) is 9.50 Å². The molecule has 2 aromatic carbocycles. The molecule has 0 saturated carbocycles. The normalized spacial score (nSPS) is 14.5. The lowest BCUT2D eigenvalue weighted by Gasteiger charge is -2.32. The Hall–Kier alpha value is -3.39. The van der Waals surface area contributed by atoms with E-state index in [-0.39, 0.29) is 11.8 Å². The van der Waals surface area contributed by atoms with Crippen LogP contribution in [-0.2, 0) is 11.3 Å². The van der Waals surface area contributed by atoms with Crippen LogP contribution in [0, 0.1) is 5.92 Å². The average Bonchev–Trinajstić information content (AvgIpc) is 3.44. The summed E-state index contributed by atoms with van der Waals surface area (Å²) in [5, 5.41) is 5.72. The first-order valence-corrected chi connectivity index (χ1v) is 12.0. The van der Waals surface area contributed by atoms with Crippen molar-refractivity contribution in [3.63, 3.8) is 0 Å². The van der Waals surface area contributed by atoms with E-state index in [0.29, 0.717) is 6.54 Å². The average molecular weight is 462 g/mol. The van der Waals surface area contributed by atoms with Crippen molar-refractivity contribution in [1.29, 1.82) is 0 Å². The molecule has 3 heterocycles. The van der Waals surface area contributed by atoms with Crippen LogP contribution in [0.5, 0.6) is 5.75 Å². The van der Waals surface area contributed by atoms with Gasteiger partial charge < -0.3 is 14.5 Å². The molecular formula is C25H27N5O2S. The predicted molar refractivity (Wildman–Crippen MR) is 131 cm³/mol. The third kappa shape index (κ3) is 4.57. The van der Waals surface area contributed by atoms with Gasteiger partial charge >= 0.3 is 0 Å². The summed E-state index contributed by atoms with van der Waals surface area (Å²) in [4.78, 5) is 22.7. The number of benzene rings is 2. The number of hydrogen-bond acceptors (Lipinski definition) is 6. The van der Waals surface area contributed by atoms with Gasteiger partial charge in [0.15, 0.2) is 0 Å². The van der Waals surface area contributed by atoms with E-state index in [0.717, 1.165) is 58.6 Å². The first-order chi connectivity index (χ1) is 16.1. The van der Waals surface area contributed by atoms with Crippen LogP contribution in [0.2, 0.25) is 0 Å². The van der Waals surface area contributed by atoms with Gasteiger partial charge in [-0.05, 0) is 42.7 Å². The molecule has 4 aromatic rings. The second-order valence-corrected chi connectivity index (χ2v) is 9.34. The summed E-state index contributed by atoms with van der Waals surface area (Å²) < 4.78 is 7.08. The van der Waals surface area contributed by atoms with Gasteiger partial charge in [-0.2, -0.15) is 0 Å². The van der Waals surface area contributed by atoms with E-state index in [9.17, 15) is 4.79 Å². The minimum absolute atomic E-state index is 0.0701. The molecule has 1 aliphatic rings. The minimum atomic E-state index is 0.0701. The van der Waals surface area contributed by atoms with Gasteiger partial charge in [0.05, 0.1) is 19.0 Å². The van der Waals surface area contributed by atoms with Gasteiger partial charge in [0.1, 0.15) is 5.75 Å². The molecule has 170 valence electrons. The molecule has 1 amide bonds. The summed E-state index contributed by atoms with van der Waals surface area (Å²) >= 11 is 1.59. The van der Waals surface area contributed by atoms with Crippen molar-refractivity contribution in [2.24, 2.45) is 5.92 Å². The van der Waals surface area contributed by atoms with Crippen LogP contribution in [-0.4, -0.2) is 52.7 Å². The molecule has 5 rings (SSSR count). The fraction of sp³-hybridized carbons (Fsp3) is 0.320. The standard InChI is InChI=1S/C25H27N5O2S/c1-28(16-18-6-4-3-5-7-18)23(31)20-12-14-29(15-13-20)25-27-30-17-22(26-24(30)33-25)19-8-10-21(32-2)11-9-19/h3-11,17,20H,12-16H2,1-2H3. The Morgan fingerprint density at radius 1 is 1.12 bits per heavy atom. The maximum Gasteiger partial charge on any atom is 0.225 e. The van der Waals surface area contributed by atoms with Crippen LogP contribution in [0.25, 0.3) is 16.2 Å². The maximum absolute atomic E-state index is 12.9. The molecule has 2 aromatic heterocycles. The molecule has 0 N–H and O–H groups in total. The smallest absolute Gasteiger partial charge is 0.225 e. The summed E-state index contributed by atoms with van der Waals surface area (Å²) in [5.74, 6) is 1.13. The molecule has 1 aliphatic heterocycles. The SMILES string of the molecule is COc1ccc(-c2cn3nc(N4CCC(C(=O)N(C)Cc5ccccc5)CC4)sc3n2)cc1. The van der Waals surface area contributed by atoms with Crippen LogP contribution >= 0.6 is 11.3 Å². The third-order valence-corrected chi connectivity index (χ3v) is 7.16. The Balaban J connectivity index is 1.20. The van der Waals surface area contributed by atoms with Crippen molar-refractivity contribution in [2.45, 2.75) is 19.4 Å². The molecule has 0 spiro atoms. The van der Waals surface area contributed by atoms with Crippen molar-refractivity contribution >= 4 is 27.3 Å². The summed E-state index contributed by atoms with van der Waals surface area (Å²) in [6.45, 7) is 2.31. The summed E-state index contributed by atoms with van der Waals surface area (Å²) in [7, 11) is 3.56. The fourth-order valence-corrected chi connectivity index (χ4v) is 5.22. The Morgan fingerprint density at radius 3 is 2.52 bits per heavy atom. The zero-order valence-electron chi connectivity index (χ0n) is 18.8. The molecule has 7 nitrogen and oxygen atoms in total. The highest BCUT2D eigenvalue weighted by molar-refractivity contribution is 7.20. The van der Waals surface area contributed by atoms with Crippen LogP contribution in [0.3, 0.4) is 0 Å². The number of ether oxygens (including phenoxy) is 1. The van der Waals surface area contributed by atoms with Gasteiger partial charge in [0, 0.05) is 38.2 Å². The third-order valence-electron chi connectivity index (χ3n) is 6.17. The fourth-order valence-electron chi connectivity index (χ4n) is 4.28. The van der Waals surface area contributed by atoms with Gasteiger partial charge in [-0.3, -0.25) is 4.79 Å². The van der Waals surface area contributed by atoms with E-state index >= 15 is 0 Å². The number of fused-ring (bicyclic) bond motifs is 1. The molecule has 8 heteroatoms. The van der Waals surface area contributed by atoms with E-state index in [4.69, 9.17) is 14.8 Å². The topological polar surface area (TPSA) is 63.0 Å². The Morgan fingerprint density at radius 2 is 1.85 bits per heavy atom. The monoisotopic (exact) mass is 461 g/mol. The van der Waals surface area contributed by atoms with Gasteiger partial charge in [-0.15, -0.1) is 5.10 Å². The number of piperidine rings is 1. The number of amides is 1. The van der Waals surface area contributed by atoms with Crippen LogP contribution < -0.4 is 9.64 Å². The first-order valence-electron chi connectivity index (χ1n) is 11.1. The number of anilines is 1. The van der Waals surface area contributed by atoms with Crippen LogP contribution in [0.1, 0.15) is 18.4 Å². The number of aromatic nitrogens is 3. The van der Waals surface area contributed by atoms with Crippen molar-refractivity contribution < 1.29 is 9.53 Å². The molecule has 1 saturated heterocycles. The second-order valence-electron chi connectivity index (χ2n) is 8.41. The van der Waals surface area contributed by atoms with E-state index in [1.807, 2.05) is 65.1 Å². The minimum Gasteiger partial charge on any atom is -0.497 e. The summed E-state index contributed by atoms with van der Waals surface area (Å²) in [6.07, 6.45) is 3.65. The van der Waals surface area contributed by atoms with Crippen molar-refractivity contribution in [2.75, 3.05) is 32.1 Å². The van der Waals surface area contributed by atoms with Gasteiger partial charge in [0.25, 0.3) is 0 Å². The van der Waals surface area contributed by atoms with Crippen molar-refractivity contribution in [3.05, 3.63) is 66.4 Å². The molecule has 0 radical (unpaired) electrons. The quantitative estimate of drug-likeness (QED) is 0.427. The number of methoxy groups -OCH3 is 1. The number of carbonyl (C=O) groups excluding carboxylic acids is 1. The van der Waals surface area contributed by atoms with Gasteiger partial charge in [-0.1, -0.05) is 41.7 Å². The second kappa shape index (κ2) is 9.23. The molecular weight excluding hydrogens is 434 g/mol. The molecule has 0 bridgehead atoms. The van der Waals surface area contributed by atoms with E-state index in [2.05, 4.69) is 17.0 Å². The molecule has 1 fully saturated rings. The Kier molecular flexibility index (Phi) is 6.00.